The first-order chi connectivity index (χ1) is 12.8. The first-order valence-electron chi connectivity index (χ1n) is 7.59. The van der Waals surface area contributed by atoms with Crippen molar-refractivity contribution in [3.63, 3.8) is 0 Å². The van der Waals surface area contributed by atoms with Crippen LogP contribution in [0.1, 0.15) is 11.8 Å². The average Bonchev–Trinajstić information content (AvgIpc) is 3.13. The van der Waals surface area contributed by atoms with Crippen LogP contribution in [0.25, 0.3) is 6.08 Å². The van der Waals surface area contributed by atoms with Gasteiger partial charge in [-0.25, -0.2) is 0 Å². The molecule has 1 aromatic carbocycles. The highest BCUT2D eigenvalue weighted by atomic mass is 35.5. The molecule has 1 aromatic heterocycles. The van der Waals surface area contributed by atoms with Crippen LogP contribution in [0.3, 0.4) is 0 Å². The molecule has 1 heterocycles. The Kier molecular flexibility index (Phi) is 8.05. The van der Waals surface area contributed by atoms with E-state index in [2.05, 4.69) is 16.2 Å². The van der Waals surface area contributed by atoms with Crippen molar-refractivity contribution in [1.29, 1.82) is 0 Å². The van der Waals surface area contributed by atoms with Gasteiger partial charge in [0.2, 0.25) is 5.91 Å². The second-order valence-corrected chi connectivity index (χ2v) is 7.35. The van der Waals surface area contributed by atoms with Crippen molar-refractivity contribution < 1.29 is 14.3 Å². The van der Waals surface area contributed by atoms with E-state index in [9.17, 15) is 9.59 Å². The van der Waals surface area contributed by atoms with Gasteiger partial charge in [-0.3, -0.25) is 25.8 Å². The number of hydrogen-bond acceptors (Lipinski definition) is 5. The Morgan fingerprint density at radius 1 is 1.26 bits per heavy atom. The third kappa shape index (κ3) is 7.18. The highest BCUT2D eigenvalue weighted by molar-refractivity contribution is 7.80. The second kappa shape index (κ2) is 10.3. The summed E-state index contributed by atoms with van der Waals surface area (Å²) in [6, 6.07) is 8.42. The maximum Gasteiger partial charge on any atom is 0.279 e. The van der Waals surface area contributed by atoms with Gasteiger partial charge in [-0.15, -0.1) is 11.3 Å². The summed E-state index contributed by atoms with van der Waals surface area (Å²) in [5, 5.41) is 5.00. The summed E-state index contributed by atoms with van der Waals surface area (Å²) in [6.45, 7) is 1.54. The van der Waals surface area contributed by atoms with Crippen LogP contribution < -0.4 is 20.9 Å². The van der Waals surface area contributed by atoms with Crippen LogP contribution in [-0.2, 0) is 9.59 Å². The Labute approximate surface area is 175 Å². The lowest BCUT2D eigenvalue weighted by molar-refractivity contribution is -0.128. The molecule has 0 fully saturated rings. The highest BCUT2D eigenvalue weighted by Crippen LogP contribution is 2.28. The summed E-state index contributed by atoms with van der Waals surface area (Å²) in [7, 11) is 0. The number of carbonyl (C=O) groups is 2. The van der Waals surface area contributed by atoms with Crippen molar-refractivity contribution >= 4 is 69.8 Å². The van der Waals surface area contributed by atoms with Gasteiger partial charge in [-0.05, 0) is 54.9 Å². The molecule has 10 heteroatoms. The van der Waals surface area contributed by atoms with Crippen molar-refractivity contribution in [3.8, 4) is 5.75 Å². The zero-order valence-corrected chi connectivity index (χ0v) is 17.1. The molecule has 27 heavy (non-hydrogen) atoms. The first-order valence-corrected chi connectivity index (χ1v) is 9.63. The molecule has 0 bridgehead atoms. The predicted molar refractivity (Wildman–Crippen MR) is 112 cm³/mol. The minimum Gasteiger partial charge on any atom is -0.479 e. The minimum atomic E-state index is -0.867. The number of hydrazine groups is 1. The molecule has 1 unspecified atom stereocenters. The lowest BCUT2D eigenvalue weighted by atomic mass is 10.3. The fourth-order valence-corrected chi connectivity index (χ4v) is 2.99. The smallest absolute Gasteiger partial charge is 0.279 e. The summed E-state index contributed by atoms with van der Waals surface area (Å²) < 4.78 is 5.47. The molecular formula is C17H15Cl2N3O3S2. The molecule has 0 aliphatic heterocycles. The fourth-order valence-electron chi connectivity index (χ4n) is 1.76. The number of carbonyl (C=O) groups excluding carboxylic acids is 2. The summed E-state index contributed by atoms with van der Waals surface area (Å²) in [6.07, 6.45) is 2.14. The molecule has 0 saturated heterocycles. The number of rotatable bonds is 5. The van der Waals surface area contributed by atoms with Gasteiger partial charge in [0.15, 0.2) is 11.2 Å². The number of halogens is 2. The molecule has 2 amide bonds. The van der Waals surface area contributed by atoms with E-state index in [1.807, 2.05) is 17.5 Å². The average molecular weight is 444 g/mol. The molecule has 142 valence electrons. The summed E-state index contributed by atoms with van der Waals surface area (Å²) >= 11 is 18.3. The van der Waals surface area contributed by atoms with Crippen LogP contribution in [-0.4, -0.2) is 23.0 Å². The molecule has 0 aliphatic carbocycles. The normalized spacial score (nSPS) is 11.7. The third-order valence-corrected chi connectivity index (χ3v) is 4.62. The Morgan fingerprint density at radius 2 is 2.04 bits per heavy atom. The Balaban J connectivity index is 1.76. The number of amides is 2. The molecule has 2 rings (SSSR count). The van der Waals surface area contributed by atoms with Crippen molar-refractivity contribution in [3.05, 3.63) is 56.7 Å². The first kappa shape index (κ1) is 21.2. The lowest BCUT2D eigenvalue weighted by Crippen LogP contribution is -2.51. The van der Waals surface area contributed by atoms with Gasteiger partial charge in [0.1, 0.15) is 5.75 Å². The van der Waals surface area contributed by atoms with Gasteiger partial charge < -0.3 is 4.74 Å². The van der Waals surface area contributed by atoms with Crippen molar-refractivity contribution in [2.75, 3.05) is 0 Å². The van der Waals surface area contributed by atoms with E-state index in [4.69, 9.17) is 40.2 Å². The van der Waals surface area contributed by atoms with Crippen LogP contribution >= 0.6 is 46.8 Å². The second-order valence-electron chi connectivity index (χ2n) is 5.12. The molecule has 2 aromatic rings. The number of hydrogen-bond donors (Lipinski definition) is 3. The summed E-state index contributed by atoms with van der Waals surface area (Å²) in [5.41, 5.74) is 4.78. The molecule has 0 aliphatic rings. The van der Waals surface area contributed by atoms with Gasteiger partial charge in [-0.2, -0.15) is 0 Å². The van der Waals surface area contributed by atoms with Gasteiger partial charge in [0.05, 0.1) is 5.02 Å². The maximum absolute atomic E-state index is 12.0. The number of ether oxygens (including phenoxy) is 1. The van der Waals surface area contributed by atoms with E-state index < -0.39 is 17.9 Å². The van der Waals surface area contributed by atoms with Crippen molar-refractivity contribution in [2.24, 2.45) is 0 Å². The van der Waals surface area contributed by atoms with E-state index in [1.54, 1.807) is 18.2 Å². The molecular weight excluding hydrogens is 429 g/mol. The van der Waals surface area contributed by atoms with Gasteiger partial charge in [0.25, 0.3) is 5.91 Å². The molecule has 0 saturated carbocycles. The van der Waals surface area contributed by atoms with Crippen LogP contribution in [0.15, 0.2) is 41.8 Å². The zero-order chi connectivity index (χ0) is 19.8. The third-order valence-electron chi connectivity index (χ3n) is 3.05. The predicted octanol–water partition coefficient (Wildman–Crippen LogP) is 3.56. The zero-order valence-electron chi connectivity index (χ0n) is 14.0. The number of benzene rings is 1. The van der Waals surface area contributed by atoms with Crippen molar-refractivity contribution in [1.82, 2.24) is 16.2 Å². The molecule has 1 atom stereocenters. The van der Waals surface area contributed by atoms with Crippen LogP contribution in [0, 0.1) is 0 Å². The Morgan fingerprint density at radius 3 is 2.70 bits per heavy atom. The van der Waals surface area contributed by atoms with E-state index in [-0.39, 0.29) is 10.1 Å². The van der Waals surface area contributed by atoms with Crippen LogP contribution in [0.4, 0.5) is 0 Å². The van der Waals surface area contributed by atoms with Crippen LogP contribution in [0.5, 0.6) is 5.75 Å². The number of nitrogens with one attached hydrogen (secondary N) is 3. The van der Waals surface area contributed by atoms with E-state index in [0.29, 0.717) is 10.8 Å². The van der Waals surface area contributed by atoms with E-state index in [1.165, 1.54) is 30.4 Å². The quantitative estimate of drug-likeness (QED) is 0.374. The lowest BCUT2D eigenvalue weighted by Gasteiger charge is -2.16. The van der Waals surface area contributed by atoms with Gasteiger partial charge >= 0.3 is 0 Å². The fraction of sp³-hybridized carbons (Fsp3) is 0.118. The largest absolute Gasteiger partial charge is 0.479 e. The summed E-state index contributed by atoms with van der Waals surface area (Å²) in [5.74, 6) is -0.613. The Hall–Kier alpha value is -2.13. The Bertz CT molecular complexity index is 857. The van der Waals surface area contributed by atoms with Crippen LogP contribution in [0.2, 0.25) is 10.0 Å². The maximum atomic E-state index is 12.0. The molecule has 3 N–H and O–H groups in total. The molecule has 6 nitrogen and oxygen atoms in total. The highest BCUT2D eigenvalue weighted by Gasteiger charge is 2.16. The summed E-state index contributed by atoms with van der Waals surface area (Å²) in [4.78, 5) is 24.7. The van der Waals surface area contributed by atoms with Gasteiger partial charge in [0, 0.05) is 16.0 Å². The van der Waals surface area contributed by atoms with E-state index in [0.717, 1.165) is 4.88 Å². The van der Waals surface area contributed by atoms with Crippen molar-refractivity contribution in [2.45, 2.75) is 13.0 Å². The minimum absolute atomic E-state index is 0.0547. The number of thiocarbonyl (C=S) groups is 1. The van der Waals surface area contributed by atoms with E-state index >= 15 is 0 Å². The monoisotopic (exact) mass is 443 g/mol. The standard InChI is InChI=1S/C17H15Cl2N3O3S2/c1-10(25-14-6-4-11(18)9-13(14)19)16(24)21-22-17(26)20-15(23)7-5-12-3-2-8-27-12/h2-10H,1H3,(H,21,24)(H2,20,22,23,26). The number of thiophene rings is 1. The molecule has 0 radical (unpaired) electrons. The molecule has 0 spiro atoms. The topological polar surface area (TPSA) is 79.5 Å². The van der Waals surface area contributed by atoms with Gasteiger partial charge in [-0.1, -0.05) is 29.3 Å². The SMILES string of the molecule is CC(Oc1ccc(Cl)cc1Cl)C(=O)NNC(=S)NC(=O)C=Cc1cccs1.